The molecule has 17 heavy (non-hydrogen) atoms. The summed E-state index contributed by atoms with van der Waals surface area (Å²) in [6.07, 6.45) is 7.54. The largest absolute Gasteiger partial charge is 0.346 e. The van der Waals surface area contributed by atoms with E-state index in [0.29, 0.717) is 13.0 Å². The summed E-state index contributed by atoms with van der Waals surface area (Å²) in [6, 6.07) is 0. The standard InChI is InChI=1S/C11H16O6/c1-11(13)10-17-16-9-5-4-8-15-14-7-3-2-6-12/h2-4,8,10H,5-7,9H2,1H3. The Morgan fingerprint density at radius 1 is 1.12 bits per heavy atom. The molecule has 0 aliphatic rings. The summed E-state index contributed by atoms with van der Waals surface area (Å²) in [4.78, 5) is 18.4. The molecule has 0 amide bonds. The SMILES string of the molecule is CC([O])=COOCCC=COOCC=CC[O]. The summed E-state index contributed by atoms with van der Waals surface area (Å²) < 4.78 is 0. The average Bonchev–Trinajstić information content (AvgIpc) is 2.30. The Morgan fingerprint density at radius 2 is 1.94 bits per heavy atom. The first kappa shape index (κ1) is 15.5. The van der Waals surface area contributed by atoms with E-state index >= 15 is 0 Å². The molecule has 0 rings (SSSR count). The van der Waals surface area contributed by atoms with Gasteiger partial charge >= 0.3 is 0 Å². The molecule has 0 aliphatic heterocycles. The second-order valence-corrected chi connectivity index (χ2v) is 2.83. The number of hydrogen-bond acceptors (Lipinski definition) is 4. The maximum Gasteiger partial charge on any atom is 0.190 e. The van der Waals surface area contributed by atoms with E-state index in [9.17, 15) is 10.2 Å². The molecule has 0 spiro atoms. The van der Waals surface area contributed by atoms with Crippen LogP contribution >= 0.6 is 0 Å². The van der Waals surface area contributed by atoms with E-state index in [1.807, 2.05) is 0 Å². The fourth-order valence-corrected chi connectivity index (χ4v) is 0.627. The lowest BCUT2D eigenvalue weighted by molar-refractivity contribution is -0.250. The smallest absolute Gasteiger partial charge is 0.190 e. The summed E-state index contributed by atoms with van der Waals surface area (Å²) in [5.74, 6) is -0.219. The van der Waals surface area contributed by atoms with Gasteiger partial charge in [0, 0.05) is 6.92 Å². The average molecular weight is 244 g/mol. The predicted molar refractivity (Wildman–Crippen MR) is 57.0 cm³/mol. The van der Waals surface area contributed by atoms with Gasteiger partial charge in [-0.05, 0) is 12.5 Å². The molecule has 0 aromatic carbocycles. The third-order valence-electron chi connectivity index (χ3n) is 1.30. The van der Waals surface area contributed by atoms with Gasteiger partial charge in [-0.3, -0.25) is 5.11 Å². The zero-order valence-corrected chi connectivity index (χ0v) is 9.66. The van der Waals surface area contributed by atoms with Gasteiger partial charge in [0.1, 0.15) is 19.5 Å². The predicted octanol–water partition coefficient (Wildman–Crippen LogP) is 2.07. The first-order valence-electron chi connectivity index (χ1n) is 5.05. The van der Waals surface area contributed by atoms with Gasteiger partial charge < -0.3 is 9.78 Å². The van der Waals surface area contributed by atoms with Crippen LogP contribution in [0.15, 0.2) is 36.5 Å². The van der Waals surface area contributed by atoms with E-state index in [4.69, 9.17) is 0 Å². The molecule has 0 fully saturated rings. The summed E-state index contributed by atoms with van der Waals surface area (Å²) >= 11 is 0. The molecule has 0 aliphatic carbocycles. The Balaban J connectivity index is 3.20. The van der Waals surface area contributed by atoms with Crippen LogP contribution in [-0.2, 0) is 29.8 Å². The van der Waals surface area contributed by atoms with Crippen molar-refractivity contribution in [3.8, 4) is 0 Å². The van der Waals surface area contributed by atoms with Crippen molar-refractivity contribution in [2.24, 2.45) is 0 Å². The minimum absolute atomic E-state index is 0.219. The molecule has 0 atom stereocenters. The highest BCUT2D eigenvalue weighted by Gasteiger charge is 1.86. The maximum absolute atomic E-state index is 10.4. The molecule has 0 heterocycles. The molecular formula is C11H16O6. The van der Waals surface area contributed by atoms with Gasteiger partial charge in [0.05, 0.1) is 6.61 Å². The molecule has 96 valence electrons. The van der Waals surface area contributed by atoms with Crippen molar-refractivity contribution in [1.82, 2.24) is 0 Å². The highest BCUT2D eigenvalue weighted by atomic mass is 17.2. The van der Waals surface area contributed by atoms with E-state index < -0.39 is 0 Å². The molecule has 6 nitrogen and oxygen atoms in total. The molecule has 6 heteroatoms. The Bertz CT molecular complexity index is 242. The van der Waals surface area contributed by atoms with Gasteiger partial charge in [-0.25, -0.2) is 5.11 Å². The van der Waals surface area contributed by atoms with Crippen LogP contribution in [-0.4, -0.2) is 19.8 Å². The Morgan fingerprint density at radius 3 is 2.65 bits per heavy atom. The van der Waals surface area contributed by atoms with Gasteiger partial charge in [-0.15, -0.1) is 0 Å². The van der Waals surface area contributed by atoms with Crippen LogP contribution in [0.1, 0.15) is 13.3 Å². The molecule has 0 unspecified atom stereocenters. The first-order chi connectivity index (χ1) is 8.27. The van der Waals surface area contributed by atoms with E-state index in [2.05, 4.69) is 19.6 Å². The third kappa shape index (κ3) is 14.5. The van der Waals surface area contributed by atoms with Gasteiger partial charge in [0.25, 0.3) is 0 Å². The van der Waals surface area contributed by atoms with Crippen LogP contribution < -0.4 is 0 Å². The number of allylic oxidation sites excluding steroid dienone is 1. The highest BCUT2D eigenvalue weighted by molar-refractivity contribution is 4.79. The van der Waals surface area contributed by atoms with Crippen molar-refractivity contribution < 1.29 is 29.8 Å². The molecule has 0 aromatic heterocycles. The van der Waals surface area contributed by atoms with Gasteiger partial charge in [0.2, 0.25) is 0 Å². The zero-order chi connectivity index (χ0) is 12.8. The Hall–Kier alpha value is -1.50. The van der Waals surface area contributed by atoms with E-state index in [0.717, 1.165) is 6.26 Å². The second kappa shape index (κ2) is 12.6. The molecular weight excluding hydrogens is 228 g/mol. The van der Waals surface area contributed by atoms with Crippen LogP contribution in [0.2, 0.25) is 0 Å². The van der Waals surface area contributed by atoms with Crippen molar-refractivity contribution in [2.45, 2.75) is 13.3 Å². The van der Waals surface area contributed by atoms with Crippen LogP contribution in [0.5, 0.6) is 0 Å². The summed E-state index contributed by atoms with van der Waals surface area (Å²) in [6.45, 7) is 1.60. The number of hydrogen-bond donors (Lipinski definition) is 0. The van der Waals surface area contributed by atoms with E-state index in [1.54, 1.807) is 12.2 Å². The quantitative estimate of drug-likeness (QED) is 0.194. The molecule has 0 bridgehead atoms. The second-order valence-electron chi connectivity index (χ2n) is 2.83. The van der Waals surface area contributed by atoms with Crippen molar-refractivity contribution in [3.05, 3.63) is 36.5 Å². The van der Waals surface area contributed by atoms with Crippen LogP contribution in [0.3, 0.4) is 0 Å². The van der Waals surface area contributed by atoms with Gasteiger partial charge in [0.15, 0.2) is 12.0 Å². The van der Waals surface area contributed by atoms with Crippen molar-refractivity contribution >= 4 is 0 Å². The van der Waals surface area contributed by atoms with Crippen molar-refractivity contribution in [1.29, 1.82) is 0 Å². The van der Waals surface area contributed by atoms with E-state index in [1.165, 1.54) is 19.3 Å². The zero-order valence-electron chi connectivity index (χ0n) is 9.66. The summed E-state index contributed by atoms with van der Waals surface area (Å²) in [5.41, 5.74) is 0. The minimum Gasteiger partial charge on any atom is -0.346 e. The molecule has 0 saturated heterocycles. The molecule has 2 radical (unpaired) electrons. The van der Waals surface area contributed by atoms with E-state index in [-0.39, 0.29) is 19.0 Å². The molecule has 0 N–H and O–H groups in total. The normalized spacial score (nSPS) is 12.5. The fraction of sp³-hybridized carbons (Fsp3) is 0.455. The van der Waals surface area contributed by atoms with Gasteiger partial charge in [-0.1, -0.05) is 12.2 Å². The van der Waals surface area contributed by atoms with Crippen molar-refractivity contribution in [2.75, 3.05) is 19.8 Å². The summed E-state index contributed by atoms with van der Waals surface area (Å²) in [5, 5.41) is 20.4. The van der Waals surface area contributed by atoms with Crippen LogP contribution in [0.4, 0.5) is 0 Å². The Kier molecular flexibility index (Phi) is 11.5. The third-order valence-corrected chi connectivity index (χ3v) is 1.30. The Labute approximate surface area is 100 Å². The van der Waals surface area contributed by atoms with Crippen molar-refractivity contribution in [3.63, 3.8) is 0 Å². The molecule has 0 saturated carbocycles. The topological polar surface area (TPSA) is 76.7 Å². The maximum atomic E-state index is 10.4. The van der Waals surface area contributed by atoms with Crippen LogP contribution in [0, 0.1) is 0 Å². The fourth-order valence-electron chi connectivity index (χ4n) is 0.627. The first-order valence-corrected chi connectivity index (χ1v) is 5.05. The lowest BCUT2D eigenvalue weighted by Crippen LogP contribution is -1.91. The molecule has 0 aromatic rings. The minimum atomic E-state index is -0.270. The van der Waals surface area contributed by atoms with Gasteiger partial charge in [-0.2, -0.15) is 9.78 Å². The summed E-state index contributed by atoms with van der Waals surface area (Å²) in [7, 11) is 0. The van der Waals surface area contributed by atoms with Crippen LogP contribution in [0.25, 0.3) is 0 Å². The number of rotatable bonds is 10. The lowest BCUT2D eigenvalue weighted by atomic mass is 10.4. The lowest BCUT2D eigenvalue weighted by Gasteiger charge is -1.98. The monoisotopic (exact) mass is 244 g/mol. The highest BCUT2D eigenvalue weighted by Crippen LogP contribution is 1.92.